The zero-order chi connectivity index (χ0) is 14.0. The molecule has 0 bridgehead atoms. The summed E-state index contributed by atoms with van der Waals surface area (Å²) in [5.74, 6) is -0.483. The molecule has 0 radical (unpaired) electrons. The number of nitrogens with zero attached hydrogens (tertiary/aromatic N) is 2. The van der Waals surface area contributed by atoms with E-state index in [0.717, 1.165) is 12.0 Å². The molecule has 0 spiro atoms. The monoisotopic (exact) mass is 258 g/mol. The molecule has 4 nitrogen and oxygen atoms in total. The van der Waals surface area contributed by atoms with Crippen LogP contribution in [0, 0.1) is 0 Å². The van der Waals surface area contributed by atoms with E-state index in [2.05, 4.69) is 31.1 Å². The summed E-state index contributed by atoms with van der Waals surface area (Å²) in [6.07, 6.45) is 2.83. The first kappa shape index (κ1) is 13.3. The average Bonchev–Trinajstić information content (AvgIpc) is 2.80. The van der Waals surface area contributed by atoms with E-state index in [-0.39, 0.29) is 5.69 Å². The summed E-state index contributed by atoms with van der Waals surface area (Å²) in [6.45, 7) is 4.34. The Labute approximate surface area is 112 Å². The molecule has 0 unspecified atom stereocenters. The van der Waals surface area contributed by atoms with Gasteiger partial charge >= 0.3 is 5.97 Å². The molecule has 100 valence electrons. The third-order valence-corrected chi connectivity index (χ3v) is 3.43. The second-order valence-electron chi connectivity index (χ2n) is 4.80. The molecule has 1 atom stereocenters. The second kappa shape index (κ2) is 5.26. The highest BCUT2D eigenvalue weighted by Crippen LogP contribution is 2.26. The highest BCUT2D eigenvalue weighted by Gasteiger charge is 2.16. The maximum absolute atomic E-state index is 11.2. The third-order valence-electron chi connectivity index (χ3n) is 3.43. The highest BCUT2D eigenvalue weighted by atomic mass is 16.4. The van der Waals surface area contributed by atoms with E-state index in [4.69, 9.17) is 5.11 Å². The van der Waals surface area contributed by atoms with Gasteiger partial charge in [-0.3, -0.25) is 4.68 Å². The smallest absolute Gasteiger partial charge is 0.357 e. The quantitative estimate of drug-likeness (QED) is 0.915. The second-order valence-corrected chi connectivity index (χ2v) is 4.80. The van der Waals surface area contributed by atoms with Crippen LogP contribution in [0.4, 0.5) is 0 Å². The topological polar surface area (TPSA) is 55.1 Å². The summed E-state index contributed by atoms with van der Waals surface area (Å²) < 4.78 is 1.53. The fraction of sp³-hybridized carbons (Fsp3) is 0.333. The Hall–Kier alpha value is -2.10. The molecule has 0 amide bonds. The molecule has 0 aliphatic carbocycles. The standard InChI is InChI=1S/C15H18N2O2/c1-4-10(2)11-5-7-12(8-6-11)13-9-17(3)16-14(13)15(18)19/h5-10H,4H2,1-3H3,(H,18,19)/t10-/m1/s1. The van der Waals surface area contributed by atoms with Gasteiger partial charge in [0.05, 0.1) is 0 Å². The van der Waals surface area contributed by atoms with Gasteiger partial charge in [-0.1, -0.05) is 38.1 Å². The summed E-state index contributed by atoms with van der Waals surface area (Å²) in [5, 5.41) is 13.1. The Kier molecular flexibility index (Phi) is 3.69. The summed E-state index contributed by atoms with van der Waals surface area (Å²) in [7, 11) is 1.73. The number of hydrogen-bond acceptors (Lipinski definition) is 2. The van der Waals surface area contributed by atoms with E-state index >= 15 is 0 Å². The lowest BCUT2D eigenvalue weighted by molar-refractivity contribution is 0.0690. The van der Waals surface area contributed by atoms with Crippen LogP contribution >= 0.6 is 0 Å². The Morgan fingerprint density at radius 1 is 1.37 bits per heavy atom. The van der Waals surface area contributed by atoms with Gasteiger partial charge in [-0.05, 0) is 23.5 Å². The highest BCUT2D eigenvalue weighted by molar-refractivity contribution is 5.93. The number of aromatic nitrogens is 2. The number of carbonyl (C=O) groups is 1. The van der Waals surface area contributed by atoms with Crippen LogP contribution in [0.15, 0.2) is 30.5 Å². The van der Waals surface area contributed by atoms with E-state index in [9.17, 15) is 4.79 Å². The van der Waals surface area contributed by atoms with Crippen molar-refractivity contribution in [3.63, 3.8) is 0 Å². The summed E-state index contributed by atoms with van der Waals surface area (Å²) in [4.78, 5) is 11.2. The van der Waals surface area contributed by atoms with Gasteiger partial charge in [-0.25, -0.2) is 4.79 Å². The maximum atomic E-state index is 11.2. The molecular weight excluding hydrogens is 240 g/mol. The van der Waals surface area contributed by atoms with Crippen molar-refractivity contribution in [2.24, 2.45) is 7.05 Å². The minimum absolute atomic E-state index is 0.0961. The summed E-state index contributed by atoms with van der Waals surface area (Å²) >= 11 is 0. The van der Waals surface area contributed by atoms with Gasteiger partial charge in [0, 0.05) is 18.8 Å². The largest absolute Gasteiger partial charge is 0.476 e. The van der Waals surface area contributed by atoms with Crippen LogP contribution in [-0.4, -0.2) is 20.9 Å². The van der Waals surface area contributed by atoms with Crippen LogP contribution in [0.5, 0.6) is 0 Å². The number of aromatic carboxylic acids is 1. The number of benzene rings is 1. The van der Waals surface area contributed by atoms with Crippen LogP contribution < -0.4 is 0 Å². The van der Waals surface area contributed by atoms with Crippen molar-refractivity contribution >= 4 is 5.97 Å². The first-order chi connectivity index (χ1) is 9.02. The molecule has 2 aromatic rings. The van der Waals surface area contributed by atoms with Crippen molar-refractivity contribution in [3.8, 4) is 11.1 Å². The third kappa shape index (κ3) is 2.67. The van der Waals surface area contributed by atoms with Crippen molar-refractivity contribution in [3.05, 3.63) is 41.7 Å². The minimum atomic E-state index is -0.999. The lowest BCUT2D eigenvalue weighted by Crippen LogP contribution is -2.00. The van der Waals surface area contributed by atoms with Crippen LogP contribution in [-0.2, 0) is 7.05 Å². The minimum Gasteiger partial charge on any atom is -0.476 e. The lowest BCUT2D eigenvalue weighted by atomic mass is 9.96. The average molecular weight is 258 g/mol. The zero-order valence-electron chi connectivity index (χ0n) is 11.4. The van der Waals surface area contributed by atoms with Crippen molar-refractivity contribution in [2.45, 2.75) is 26.2 Å². The Balaban J connectivity index is 2.40. The van der Waals surface area contributed by atoms with Gasteiger partial charge in [0.25, 0.3) is 0 Å². The van der Waals surface area contributed by atoms with Crippen molar-refractivity contribution in [1.82, 2.24) is 9.78 Å². The molecule has 0 aliphatic heterocycles. The van der Waals surface area contributed by atoms with Gasteiger partial charge < -0.3 is 5.11 Å². The van der Waals surface area contributed by atoms with E-state index < -0.39 is 5.97 Å². The Morgan fingerprint density at radius 2 is 2.00 bits per heavy atom. The molecule has 4 heteroatoms. The first-order valence-corrected chi connectivity index (χ1v) is 6.40. The van der Waals surface area contributed by atoms with E-state index in [0.29, 0.717) is 11.5 Å². The molecule has 1 aromatic carbocycles. The molecule has 2 rings (SSSR count). The van der Waals surface area contributed by atoms with E-state index in [1.807, 2.05) is 12.1 Å². The predicted molar refractivity (Wildman–Crippen MR) is 74.3 cm³/mol. The van der Waals surface area contributed by atoms with Gasteiger partial charge in [0.15, 0.2) is 5.69 Å². The molecule has 19 heavy (non-hydrogen) atoms. The van der Waals surface area contributed by atoms with Crippen LogP contribution in [0.3, 0.4) is 0 Å². The normalized spacial score (nSPS) is 12.4. The van der Waals surface area contributed by atoms with Gasteiger partial charge in [0.2, 0.25) is 0 Å². The van der Waals surface area contributed by atoms with Gasteiger partial charge in [-0.2, -0.15) is 5.10 Å². The molecule has 0 aliphatic rings. The number of rotatable bonds is 4. The molecule has 0 saturated carbocycles. The van der Waals surface area contributed by atoms with Gasteiger partial charge in [-0.15, -0.1) is 0 Å². The van der Waals surface area contributed by atoms with Crippen molar-refractivity contribution in [1.29, 1.82) is 0 Å². The van der Waals surface area contributed by atoms with Crippen LogP contribution in [0.25, 0.3) is 11.1 Å². The van der Waals surface area contributed by atoms with E-state index in [1.165, 1.54) is 10.2 Å². The molecule has 1 aromatic heterocycles. The first-order valence-electron chi connectivity index (χ1n) is 6.40. The number of hydrogen-bond donors (Lipinski definition) is 1. The Bertz CT molecular complexity index is 585. The summed E-state index contributed by atoms with van der Waals surface area (Å²) in [5.41, 5.74) is 2.91. The molecule has 1 N–H and O–H groups in total. The van der Waals surface area contributed by atoms with Crippen LogP contribution in [0.2, 0.25) is 0 Å². The van der Waals surface area contributed by atoms with E-state index in [1.54, 1.807) is 13.2 Å². The fourth-order valence-electron chi connectivity index (χ4n) is 2.08. The molecule has 1 heterocycles. The van der Waals surface area contributed by atoms with Crippen molar-refractivity contribution in [2.75, 3.05) is 0 Å². The van der Waals surface area contributed by atoms with Crippen molar-refractivity contribution < 1.29 is 9.90 Å². The fourth-order valence-corrected chi connectivity index (χ4v) is 2.08. The number of carboxylic acid groups (broad SMARTS) is 1. The summed E-state index contributed by atoms with van der Waals surface area (Å²) in [6, 6.07) is 8.04. The molecule has 0 fully saturated rings. The van der Waals surface area contributed by atoms with Gasteiger partial charge in [0.1, 0.15) is 0 Å². The molecular formula is C15H18N2O2. The Morgan fingerprint density at radius 3 is 2.53 bits per heavy atom. The predicted octanol–water partition coefficient (Wildman–Crippen LogP) is 3.30. The lowest BCUT2D eigenvalue weighted by Gasteiger charge is -2.09. The molecule has 0 saturated heterocycles. The SMILES string of the molecule is CC[C@@H](C)c1ccc(-c2cn(C)nc2C(=O)O)cc1. The maximum Gasteiger partial charge on any atom is 0.357 e. The van der Waals surface area contributed by atoms with Crippen LogP contribution in [0.1, 0.15) is 42.2 Å². The number of aryl methyl sites for hydroxylation is 1. The zero-order valence-corrected chi connectivity index (χ0v) is 11.4. The number of carboxylic acids is 1.